The molecular formula is C16H21F2NO2. The molecule has 0 heterocycles. The largest absolute Gasteiger partial charge is 0.391 e. The first-order chi connectivity index (χ1) is 9.88. The Balaban J connectivity index is 1.84. The highest BCUT2D eigenvalue weighted by Crippen LogP contribution is 2.48. The Morgan fingerprint density at radius 1 is 1.43 bits per heavy atom. The van der Waals surface area contributed by atoms with Gasteiger partial charge in [0.05, 0.1) is 6.10 Å². The predicted molar refractivity (Wildman–Crippen MR) is 75.7 cm³/mol. The molecular weight excluding hydrogens is 276 g/mol. The van der Waals surface area contributed by atoms with Crippen molar-refractivity contribution in [3.05, 3.63) is 35.4 Å². The van der Waals surface area contributed by atoms with Crippen LogP contribution >= 0.6 is 0 Å². The number of hydrogen-bond donors (Lipinski definition) is 2. The van der Waals surface area contributed by atoms with Gasteiger partial charge in [-0.25, -0.2) is 8.78 Å². The third-order valence-corrected chi connectivity index (χ3v) is 3.74. The van der Waals surface area contributed by atoms with E-state index < -0.39 is 17.7 Å². The Hall–Kier alpha value is -1.49. The van der Waals surface area contributed by atoms with E-state index in [-0.39, 0.29) is 24.3 Å². The second-order valence-electron chi connectivity index (χ2n) is 6.14. The van der Waals surface area contributed by atoms with E-state index >= 15 is 0 Å². The first-order valence-electron chi connectivity index (χ1n) is 7.29. The minimum atomic E-state index is -0.616. The van der Waals surface area contributed by atoms with Crippen LogP contribution in [-0.2, 0) is 4.79 Å². The van der Waals surface area contributed by atoms with Gasteiger partial charge >= 0.3 is 0 Å². The van der Waals surface area contributed by atoms with Gasteiger partial charge in [0, 0.05) is 18.5 Å². The average molecular weight is 297 g/mol. The highest BCUT2D eigenvalue weighted by molar-refractivity contribution is 5.82. The minimum absolute atomic E-state index is 0.175. The molecule has 116 valence electrons. The van der Waals surface area contributed by atoms with Crippen molar-refractivity contribution in [1.29, 1.82) is 0 Å². The smallest absolute Gasteiger partial charge is 0.223 e. The molecule has 0 radical (unpaired) electrons. The van der Waals surface area contributed by atoms with E-state index in [1.54, 1.807) is 0 Å². The molecule has 1 aliphatic rings. The topological polar surface area (TPSA) is 49.3 Å². The van der Waals surface area contributed by atoms with Crippen LogP contribution in [0.4, 0.5) is 8.78 Å². The van der Waals surface area contributed by atoms with Crippen LogP contribution in [0.25, 0.3) is 0 Å². The average Bonchev–Trinajstić information content (AvgIpc) is 3.15. The monoisotopic (exact) mass is 297 g/mol. The Morgan fingerprint density at radius 3 is 2.76 bits per heavy atom. The second kappa shape index (κ2) is 6.52. The first-order valence-corrected chi connectivity index (χ1v) is 7.29. The van der Waals surface area contributed by atoms with E-state index in [0.717, 1.165) is 6.07 Å². The molecule has 1 saturated carbocycles. The number of rotatable bonds is 6. The molecule has 5 heteroatoms. The van der Waals surface area contributed by atoms with Crippen LogP contribution in [0, 0.1) is 23.5 Å². The van der Waals surface area contributed by atoms with Crippen LogP contribution in [-0.4, -0.2) is 23.7 Å². The highest BCUT2D eigenvalue weighted by atomic mass is 19.1. The fraction of sp³-hybridized carbons (Fsp3) is 0.562. The number of carbonyl (C=O) groups excluding carboxylic acids is 1. The van der Waals surface area contributed by atoms with Gasteiger partial charge < -0.3 is 10.4 Å². The van der Waals surface area contributed by atoms with Crippen molar-refractivity contribution in [1.82, 2.24) is 5.32 Å². The zero-order valence-corrected chi connectivity index (χ0v) is 12.3. The summed E-state index contributed by atoms with van der Waals surface area (Å²) in [6, 6.07) is 3.45. The van der Waals surface area contributed by atoms with Gasteiger partial charge in [0.25, 0.3) is 0 Å². The molecule has 0 aliphatic heterocycles. The van der Waals surface area contributed by atoms with Gasteiger partial charge in [0.15, 0.2) is 0 Å². The van der Waals surface area contributed by atoms with Crippen LogP contribution in [0.5, 0.6) is 0 Å². The lowest BCUT2D eigenvalue weighted by Crippen LogP contribution is -2.34. The summed E-state index contributed by atoms with van der Waals surface area (Å²) in [4.78, 5) is 11.9. The lowest BCUT2D eigenvalue weighted by Gasteiger charge is -2.13. The van der Waals surface area contributed by atoms with E-state index in [0.29, 0.717) is 24.3 Å². The van der Waals surface area contributed by atoms with Gasteiger partial charge in [-0.2, -0.15) is 0 Å². The number of halogens is 2. The number of carbonyl (C=O) groups is 1. The maximum absolute atomic E-state index is 13.6. The Kier molecular flexibility index (Phi) is 4.93. The lowest BCUT2D eigenvalue weighted by atomic mass is 10.1. The summed E-state index contributed by atoms with van der Waals surface area (Å²) >= 11 is 0. The number of aliphatic hydroxyl groups excluding tert-OH is 1. The number of aliphatic hydroxyl groups is 1. The minimum Gasteiger partial charge on any atom is -0.391 e. The molecule has 2 rings (SSSR count). The quantitative estimate of drug-likeness (QED) is 0.848. The third kappa shape index (κ3) is 4.24. The summed E-state index contributed by atoms with van der Waals surface area (Å²) < 4.78 is 26.5. The van der Waals surface area contributed by atoms with Gasteiger partial charge in [-0.15, -0.1) is 0 Å². The van der Waals surface area contributed by atoms with E-state index in [2.05, 4.69) is 5.32 Å². The van der Waals surface area contributed by atoms with Gasteiger partial charge in [0.2, 0.25) is 5.91 Å². The van der Waals surface area contributed by atoms with Gasteiger partial charge in [-0.3, -0.25) is 4.79 Å². The van der Waals surface area contributed by atoms with Crippen molar-refractivity contribution < 1.29 is 18.7 Å². The standard InChI is InChI=1S/C16H21F2NO2/c1-9(2)5-11(20)8-19-16(21)14-7-13(14)12-4-3-10(17)6-15(12)18/h3-4,6,9,11,13-14,20H,5,7-8H2,1-2H3,(H,19,21). The maximum atomic E-state index is 13.6. The van der Waals surface area contributed by atoms with E-state index in [1.807, 2.05) is 13.8 Å². The Morgan fingerprint density at radius 2 is 2.14 bits per heavy atom. The van der Waals surface area contributed by atoms with Crippen molar-refractivity contribution >= 4 is 5.91 Å². The second-order valence-corrected chi connectivity index (χ2v) is 6.14. The molecule has 2 N–H and O–H groups in total. The molecule has 0 aromatic heterocycles. The molecule has 1 aliphatic carbocycles. The van der Waals surface area contributed by atoms with Gasteiger partial charge in [-0.1, -0.05) is 19.9 Å². The maximum Gasteiger partial charge on any atom is 0.223 e. The molecule has 1 aromatic carbocycles. The Labute approximate surface area is 123 Å². The molecule has 21 heavy (non-hydrogen) atoms. The van der Waals surface area contributed by atoms with Crippen molar-refractivity contribution in [3.8, 4) is 0 Å². The summed E-state index contributed by atoms with van der Waals surface area (Å²) in [5.74, 6) is -1.50. The molecule has 1 fully saturated rings. The number of benzene rings is 1. The van der Waals surface area contributed by atoms with E-state index in [9.17, 15) is 18.7 Å². The summed E-state index contributed by atoms with van der Waals surface area (Å²) in [5.41, 5.74) is 0.388. The molecule has 3 nitrogen and oxygen atoms in total. The summed E-state index contributed by atoms with van der Waals surface area (Å²) in [7, 11) is 0. The zero-order chi connectivity index (χ0) is 15.6. The normalized spacial score (nSPS) is 22.2. The first kappa shape index (κ1) is 15.9. The number of hydrogen-bond acceptors (Lipinski definition) is 2. The number of nitrogens with one attached hydrogen (secondary N) is 1. The molecule has 3 unspecified atom stereocenters. The van der Waals surface area contributed by atoms with E-state index in [1.165, 1.54) is 12.1 Å². The fourth-order valence-electron chi connectivity index (χ4n) is 2.61. The van der Waals surface area contributed by atoms with Crippen LogP contribution < -0.4 is 5.32 Å². The van der Waals surface area contributed by atoms with Gasteiger partial charge in [-0.05, 0) is 36.3 Å². The molecule has 3 atom stereocenters. The summed E-state index contributed by atoms with van der Waals surface area (Å²) in [6.45, 7) is 4.21. The molecule has 0 bridgehead atoms. The van der Waals surface area contributed by atoms with Gasteiger partial charge in [0.1, 0.15) is 11.6 Å². The van der Waals surface area contributed by atoms with E-state index in [4.69, 9.17) is 0 Å². The molecule has 0 spiro atoms. The lowest BCUT2D eigenvalue weighted by molar-refractivity contribution is -0.122. The van der Waals surface area contributed by atoms with Crippen molar-refractivity contribution in [2.75, 3.05) is 6.54 Å². The SMILES string of the molecule is CC(C)CC(O)CNC(=O)C1CC1c1ccc(F)cc1F. The van der Waals surface area contributed by atoms with Crippen LogP contribution in [0.15, 0.2) is 18.2 Å². The predicted octanol–water partition coefficient (Wildman–Crippen LogP) is 2.59. The third-order valence-electron chi connectivity index (χ3n) is 3.74. The Bertz CT molecular complexity index is 519. The van der Waals surface area contributed by atoms with Crippen LogP contribution in [0.3, 0.4) is 0 Å². The van der Waals surface area contributed by atoms with Crippen LogP contribution in [0.2, 0.25) is 0 Å². The summed E-state index contributed by atoms with van der Waals surface area (Å²) in [5, 5.41) is 12.4. The fourth-order valence-corrected chi connectivity index (χ4v) is 2.61. The molecule has 1 amide bonds. The molecule has 0 saturated heterocycles. The van der Waals surface area contributed by atoms with Crippen molar-refractivity contribution in [2.24, 2.45) is 11.8 Å². The van der Waals surface area contributed by atoms with Crippen molar-refractivity contribution in [2.45, 2.75) is 38.7 Å². The van der Waals surface area contributed by atoms with Crippen LogP contribution in [0.1, 0.15) is 38.2 Å². The molecule has 1 aromatic rings. The summed E-state index contributed by atoms with van der Waals surface area (Å²) in [6.07, 6.45) is 0.629. The number of amides is 1. The van der Waals surface area contributed by atoms with Crippen molar-refractivity contribution in [3.63, 3.8) is 0 Å². The highest BCUT2D eigenvalue weighted by Gasteiger charge is 2.45. The zero-order valence-electron chi connectivity index (χ0n) is 12.3.